The number of aliphatic hydroxyl groups excluding tert-OH is 1. The topological polar surface area (TPSA) is 102 Å². The van der Waals surface area contributed by atoms with E-state index in [0.29, 0.717) is 55.4 Å². The molecule has 1 N–H and O–H groups in total. The van der Waals surface area contributed by atoms with Gasteiger partial charge in [0.1, 0.15) is 5.58 Å². The highest BCUT2D eigenvalue weighted by Crippen LogP contribution is 2.42. The molecule has 0 radical (unpaired) electrons. The second-order valence-electron chi connectivity index (χ2n) is 9.29. The summed E-state index contributed by atoms with van der Waals surface area (Å²) in [6, 6.07) is 13.4. The first-order valence-corrected chi connectivity index (χ1v) is 12.9. The smallest absolute Gasteiger partial charge is 0.290 e. The van der Waals surface area contributed by atoms with Crippen LogP contribution < -0.4 is 9.47 Å². The van der Waals surface area contributed by atoms with E-state index < -0.39 is 23.5 Å². The zero-order chi connectivity index (χ0) is 26.6. The molecule has 2 aliphatic rings. The SMILES string of the molecule is CCOc1ccc([C@@H]2C(C(=O)c3cc4ccccc4o3)=C(O)C(=O)N2CCCN2CCOCC2)cc1OC. The summed E-state index contributed by atoms with van der Waals surface area (Å²) in [5.41, 5.74) is 1.18. The first kappa shape index (κ1) is 25.8. The summed E-state index contributed by atoms with van der Waals surface area (Å²) in [6.45, 7) is 6.54. The summed E-state index contributed by atoms with van der Waals surface area (Å²) in [6.07, 6.45) is 0.676. The van der Waals surface area contributed by atoms with Crippen LogP contribution in [0.5, 0.6) is 11.5 Å². The Hall–Kier alpha value is -3.82. The normalized spacial score (nSPS) is 18.4. The van der Waals surface area contributed by atoms with E-state index in [1.165, 1.54) is 7.11 Å². The summed E-state index contributed by atoms with van der Waals surface area (Å²) in [7, 11) is 1.54. The quantitative estimate of drug-likeness (QED) is 0.398. The maximum Gasteiger partial charge on any atom is 0.290 e. The molecular weight excluding hydrogens is 488 g/mol. The van der Waals surface area contributed by atoms with Crippen LogP contribution in [0.1, 0.15) is 35.5 Å². The maximum absolute atomic E-state index is 13.8. The van der Waals surface area contributed by atoms with Gasteiger partial charge >= 0.3 is 0 Å². The van der Waals surface area contributed by atoms with Gasteiger partial charge in [0.05, 0.1) is 38.5 Å². The van der Waals surface area contributed by atoms with Crippen LogP contribution in [0.15, 0.2) is 64.3 Å². The molecule has 38 heavy (non-hydrogen) atoms. The minimum Gasteiger partial charge on any atom is -0.503 e. The fourth-order valence-corrected chi connectivity index (χ4v) is 5.11. The van der Waals surface area contributed by atoms with Crippen molar-refractivity contribution < 1.29 is 33.3 Å². The van der Waals surface area contributed by atoms with Gasteiger partial charge in [-0.3, -0.25) is 14.5 Å². The number of para-hydroxylation sites is 1. The molecule has 0 saturated carbocycles. The number of fused-ring (bicyclic) bond motifs is 1. The molecule has 1 atom stereocenters. The van der Waals surface area contributed by atoms with Gasteiger partial charge in [-0.15, -0.1) is 0 Å². The molecule has 3 heterocycles. The Morgan fingerprint density at radius 1 is 1.08 bits per heavy atom. The Morgan fingerprint density at radius 2 is 1.87 bits per heavy atom. The van der Waals surface area contributed by atoms with Crippen LogP contribution >= 0.6 is 0 Å². The lowest BCUT2D eigenvalue weighted by atomic mass is 9.94. The zero-order valence-corrected chi connectivity index (χ0v) is 21.6. The van der Waals surface area contributed by atoms with Crippen LogP contribution in [0, 0.1) is 0 Å². The molecule has 1 fully saturated rings. The number of hydrogen-bond acceptors (Lipinski definition) is 8. The second kappa shape index (κ2) is 11.3. The lowest BCUT2D eigenvalue weighted by molar-refractivity contribution is -0.129. The summed E-state index contributed by atoms with van der Waals surface area (Å²) in [4.78, 5) is 31.0. The lowest BCUT2D eigenvalue weighted by Gasteiger charge is -2.30. The molecule has 0 spiro atoms. The van der Waals surface area contributed by atoms with Crippen LogP contribution in [0.4, 0.5) is 0 Å². The number of methoxy groups -OCH3 is 1. The zero-order valence-electron chi connectivity index (χ0n) is 21.6. The summed E-state index contributed by atoms with van der Waals surface area (Å²) in [5, 5.41) is 11.8. The van der Waals surface area contributed by atoms with Gasteiger partial charge in [-0.1, -0.05) is 24.3 Å². The van der Waals surface area contributed by atoms with Crippen molar-refractivity contribution in [3.05, 3.63) is 71.2 Å². The number of ether oxygens (including phenoxy) is 3. The Kier molecular flexibility index (Phi) is 7.67. The molecule has 0 aliphatic carbocycles. The average molecular weight is 521 g/mol. The highest BCUT2D eigenvalue weighted by Gasteiger charge is 2.44. The highest BCUT2D eigenvalue weighted by molar-refractivity contribution is 6.16. The molecule has 2 aliphatic heterocycles. The van der Waals surface area contributed by atoms with Gasteiger partial charge in [0, 0.05) is 31.6 Å². The number of carbonyl (C=O) groups is 2. The van der Waals surface area contributed by atoms with E-state index in [1.807, 2.05) is 25.1 Å². The second-order valence-corrected chi connectivity index (χ2v) is 9.29. The van der Waals surface area contributed by atoms with Crippen molar-refractivity contribution in [3.8, 4) is 11.5 Å². The fourth-order valence-electron chi connectivity index (χ4n) is 5.11. The fraction of sp³-hybridized carbons (Fsp3) is 0.379. The van der Waals surface area contributed by atoms with Crippen LogP contribution in [0.3, 0.4) is 0 Å². The predicted octanol–water partition coefficient (Wildman–Crippen LogP) is 4.14. The van der Waals surface area contributed by atoms with Crippen LogP contribution in [0.2, 0.25) is 0 Å². The average Bonchev–Trinajstić information content (AvgIpc) is 3.49. The monoisotopic (exact) mass is 520 g/mol. The third-order valence-electron chi connectivity index (χ3n) is 6.98. The molecule has 9 nitrogen and oxygen atoms in total. The standard InChI is InChI=1S/C29H32N2O7/c1-3-37-22-10-9-20(18-23(22)35-2)26-25(27(32)24-17-19-7-4-5-8-21(19)38-24)28(33)29(34)31(26)12-6-11-30-13-15-36-16-14-30/h4-5,7-10,17-18,26,33H,3,6,11-16H2,1-2H3/t26-/m1/s1. The Bertz CT molecular complexity index is 1320. The molecule has 2 aromatic carbocycles. The summed E-state index contributed by atoms with van der Waals surface area (Å²) in [5.74, 6) is -0.560. The van der Waals surface area contributed by atoms with E-state index >= 15 is 0 Å². The van der Waals surface area contributed by atoms with Gasteiger partial charge in [-0.25, -0.2) is 0 Å². The van der Waals surface area contributed by atoms with Crippen molar-refractivity contribution in [1.29, 1.82) is 0 Å². The number of morpholine rings is 1. The van der Waals surface area contributed by atoms with E-state index in [1.54, 1.807) is 35.2 Å². The van der Waals surface area contributed by atoms with Crippen LogP contribution in [-0.4, -0.2) is 79.7 Å². The molecule has 1 amide bonds. The van der Waals surface area contributed by atoms with Crippen molar-refractivity contribution >= 4 is 22.7 Å². The van der Waals surface area contributed by atoms with Gasteiger partial charge in [0.2, 0.25) is 5.78 Å². The van der Waals surface area contributed by atoms with Gasteiger partial charge in [0.15, 0.2) is 23.0 Å². The summed E-state index contributed by atoms with van der Waals surface area (Å²) >= 11 is 0. The maximum atomic E-state index is 13.8. The number of hydrogen-bond donors (Lipinski definition) is 1. The lowest BCUT2D eigenvalue weighted by Crippen LogP contribution is -2.39. The predicted molar refractivity (Wildman–Crippen MR) is 141 cm³/mol. The number of amides is 1. The number of benzene rings is 2. The van der Waals surface area contributed by atoms with E-state index in [4.69, 9.17) is 18.6 Å². The van der Waals surface area contributed by atoms with E-state index in [0.717, 1.165) is 25.0 Å². The number of Topliss-reactive ketones (excluding diaryl/α,β-unsaturated/α-hetero) is 1. The number of furan rings is 1. The molecule has 1 aromatic heterocycles. The molecular formula is C29H32N2O7. The molecule has 1 saturated heterocycles. The molecule has 9 heteroatoms. The minimum atomic E-state index is -0.808. The molecule has 0 unspecified atom stereocenters. The van der Waals surface area contributed by atoms with Crippen molar-refractivity contribution in [1.82, 2.24) is 9.80 Å². The van der Waals surface area contributed by atoms with Crippen molar-refractivity contribution in [2.75, 3.05) is 53.1 Å². The van der Waals surface area contributed by atoms with E-state index in [-0.39, 0.29) is 11.3 Å². The number of rotatable bonds is 10. The number of ketones is 1. The van der Waals surface area contributed by atoms with Crippen molar-refractivity contribution in [2.24, 2.45) is 0 Å². The van der Waals surface area contributed by atoms with Crippen LogP contribution in [-0.2, 0) is 9.53 Å². The van der Waals surface area contributed by atoms with E-state index in [9.17, 15) is 14.7 Å². The van der Waals surface area contributed by atoms with E-state index in [2.05, 4.69) is 4.90 Å². The number of aliphatic hydroxyl groups is 1. The molecule has 0 bridgehead atoms. The van der Waals surface area contributed by atoms with Crippen molar-refractivity contribution in [2.45, 2.75) is 19.4 Å². The minimum absolute atomic E-state index is 0.00774. The first-order chi connectivity index (χ1) is 18.5. The number of nitrogens with zero attached hydrogens (tertiary/aromatic N) is 2. The third kappa shape index (κ3) is 4.99. The summed E-state index contributed by atoms with van der Waals surface area (Å²) < 4.78 is 22.4. The Balaban J connectivity index is 1.49. The highest BCUT2D eigenvalue weighted by atomic mass is 16.5. The Labute approximate surface area is 221 Å². The van der Waals surface area contributed by atoms with Gasteiger partial charge in [-0.05, 0) is 43.2 Å². The van der Waals surface area contributed by atoms with Gasteiger partial charge < -0.3 is 28.6 Å². The molecule has 5 rings (SSSR count). The molecule has 3 aromatic rings. The van der Waals surface area contributed by atoms with Gasteiger partial charge in [-0.2, -0.15) is 0 Å². The van der Waals surface area contributed by atoms with Gasteiger partial charge in [0.25, 0.3) is 5.91 Å². The largest absolute Gasteiger partial charge is 0.503 e. The van der Waals surface area contributed by atoms with Crippen molar-refractivity contribution in [3.63, 3.8) is 0 Å². The number of carbonyl (C=O) groups excluding carboxylic acids is 2. The third-order valence-corrected chi connectivity index (χ3v) is 6.98. The Morgan fingerprint density at radius 3 is 2.61 bits per heavy atom. The first-order valence-electron chi connectivity index (χ1n) is 12.9. The molecule has 200 valence electrons. The van der Waals surface area contributed by atoms with Crippen LogP contribution in [0.25, 0.3) is 11.0 Å².